The number of nitrogens with one attached hydrogen (secondary N) is 1. The minimum atomic E-state index is -0.599. The third-order valence-electron chi connectivity index (χ3n) is 1.98. The van der Waals surface area contributed by atoms with Crippen LogP contribution in [0.2, 0.25) is 0 Å². The Kier molecular flexibility index (Phi) is 4.14. The fourth-order valence-corrected chi connectivity index (χ4v) is 1.88. The Morgan fingerprint density at radius 1 is 1.58 bits per heavy atom. The highest BCUT2D eigenvalue weighted by Crippen LogP contribution is 2.23. The van der Waals surface area contributed by atoms with Crippen LogP contribution in [0.25, 0.3) is 0 Å². The molecule has 1 aromatic rings. The van der Waals surface area contributed by atoms with Gasteiger partial charge >= 0.3 is 5.97 Å². The van der Waals surface area contributed by atoms with Crippen molar-refractivity contribution >= 4 is 35.0 Å². The lowest BCUT2D eigenvalue weighted by atomic mass is 10.4. The molecule has 0 aromatic carbocycles. The van der Waals surface area contributed by atoms with Gasteiger partial charge in [0.2, 0.25) is 0 Å². The van der Waals surface area contributed by atoms with Gasteiger partial charge in [-0.25, -0.2) is 4.79 Å². The van der Waals surface area contributed by atoms with E-state index in [1.165, 1.54) is 19.6 Å². The molecule has 2 rings (SSSR count). The average molecular weight is 279 g/mol. The van der Waals surface area contributed by atoms with Crippen molar-refractivity contribution in [1.29, 1.82) is 0 Å². The van der Waals surface area contributed by atoms with Crippen LogP contribution >= 0.6 is 11.8 Å². The second-order valence-electron chi connectivity index (χ2n) is 3.25. The monoisotopic (exact) mass is 279 g/mol. The highest BCUT2D eigenvalue weighted by atomic mass is 32.2. The SMILES string of the molecule is COC(=O)/C=C1/S/C(=N/N=C\c2ccco2)NC1=O. The van der Waals surface area contributed by atoms with E-state index >= 15 is 0 Å². The molecule has 98 valence electrons. The Hall–Kier alpha value is -2.35. The van der Waals surface area contributed by atoms with Crippen molar-refractivity contribution in [2.75, 3.05) is 7.11 Å². The highest BCUT2D eigenvalue weighted by molar-refractivity contribution is 8.18. The van der Waals surface area contributed by atoms with Crippen LogP contribution in [0.3, 0.4) is 0 Å². The number of thioether (sulfide) groups is 1. The molecule has 0 unspecified atom stereocenters. The lowest BCUT2D eigenvalue weighted by Gasteiger charge is -1.90. The molecule has 0 bridgehead atoms. The molecule has 0 aliphatic carbocycles. The van der Waals surface area contributed by atoms with Crippen molar-refractivity contribution in [3.8, 4) is 0 Å². The standard InChI is InChI=1S/C11H9N3O4S/c1-17-9(15)5-8-10(16)13-11(19-8)14-12-6-7-3-2-4-18-7/h2-6H,1H3,(H,13,14,16)/b8-5+,12-6-. The lowest BCUT2D eigenvalue weighted by molar-refractivity contribution is -0.135. The zero-order valence-electron chi connectivity index (χ0n) is 9.82. The fourth-order valence-electron chi connectivity index (χ4n) is 1.14. The van der Waals surface area contributed by atoms with Crippen molar-refractivity contribution in [2.24, 2.45) is 10.2 Å². The van der Waals surface area contributed by atoms with Crippen LogP contribution in [0, 0.1) is 0 Å². The summed E-state index contributed by atoms with van der Waals surface area (Å²) in [6, 6.07) is 3.43. The topological polar surface area (TPSA) is 93.3 Å². The van der Waals surface area contributed by atoms with Crippen molar-refractivity contribution in [1.82, 2.24) is 5.32 Å². The normalized spacial score (nSPS) is 19.3. The van der Waals surface area contributed by atoms with E-state index in [0.29, 0.717) is 5.76 Å². The molecule has 1 aliphatic rings. The maximum Gasteiger partial charge on any atom is 0.331 e. The van der Waals surface area contributed by atoms with Crippen LogP contribution in [-0.2, 0) is 14.3 Å². The Morgan fingerprint density at radius 2 is 2.42 bits per heavy atom. The predicted octanol–water partition coefficient (Wildman–Crippen LogP) is 0.889. The molecule has 8 heteroatoms. The van der Waals surface area contributed by atoms with Crippen LogP contribution in [0.5, 0.6) is 0 Å². The van der Waals surface area contributed by atoms with E-state index in [1.54, 1.807) is 12.1 Å². The Morgan fingerprint density at radius 3 is 3.11 bits per heavy atom. The average Bonchev–Trinajstić information content (AvgIpc) is 3.00. The molecule has 1 saturated heterocycles. The summed E-state index contributed by atoms with van der Waals surface area (Å²) in [5, 5.41) is 10.3. The van der Waals surface area contributed by atoms with Crippen LogP contribution < -0.4 is 5.32 Å². The quantitative estimate of drug-likeness (QED) is 0.384. The molecular weight excluding hydrogens is 270 g/mol. The smallest absolute Gasteiger partial charge is 0.331 e. The van der Waals surface area contributed by atoms with Gasteiger partial charge in [0.05, 0.1) is 24.5 Å². The molecule has 1 amide bonds. The van der Waals surface area contributed by atoms with E-state index in [-0.39, 0.29) is 10.1 Å². The molecule has 0 saturated carbocycles. The number of ether oxygens (including phenoxy) is 1. The van der Waals surface area contributed by atoms with Gasteiger partial charge in [0.15, 0.2) is 5.17 Å². The summed E-state index contributed by atoms with van der Waals surface area (Å²) in [4.78, 5) is 22.7. The number of hydrogen-bond donors (Lipinski definition) is 1. The third kappa shape index (κ3) is 3.55. The summed E-state index contributed by atoms with van der Waals surface area (Å²) in [6.07, 6.45) is 4.01. The number of amidine groups is 1. The van der Waals surface area contributed by atoms with Crippen molar-refractivity contribution in [3.63, 3.8) is 0 Å². The molecular formula is C11H9N3O4S. The maximum atomic E-state index is 11.5. The first-order chi connectivity index (χ1) is 9.19. The van der Waals surface area contributed by atoms with Gasteiger partial charge < -0.3 is 9.15 Å². The zero-order valence-corrected chi connectivity index (χ0v) is 10.6. The van der Waals surface area contributed by atoms with Gasteiger partial charge in [0, 0.05) is 6.08 Å². The summed E-state index contributed by atoms with van der Waals surface area (Å²) >= 11 is 1.00. The lowest BCUT2D eigenvalue weighted by Crippen LogP contribution is -2.19. The second-order valence-corrected chi connectivity index (χ2v) is 4.28. The van der Waals surface area contributed by atoms with Crippen molar-refractivity contribution in [2.45, 2.75) is 0 Å². The number of methoxy groups -OCH3 is 1. The first-order valence-electron chi connectivity index (χ1n) is 5.12. The highest BCUT2D eigenvalue weighted by Gasteiger charge is 2.24. The molecule has 0 radical (unpaired) electrons. The molecule has 19 heavy (non-hydrogen) atoms. The molecule has 1 aliphatic heterocycles. The van der Waals surface area contributed by atoms with Crippen LogP contribution in [0.4, 0.5) is 0 Å². The Bertz CT molecular complexity index is 575. The second kappa shape index (κ2) is 6.01. The van der Waals surface area contributed by atoms with E-state index in [1.807, 2.05) is 0 Å². The van der Waals surface area contributed by atoms with E-state index in [2.05, 4.69) is 20.3 Å². The summed E-state index contributed by atoms with van der Waals surface area (Å²) in [5.74, 6) is -0.468. The van der Waals surface area contributed by atoms with Gasteiger partial charge in [0.1, 0.15) is 5.76 Å². The number of amides is 1. The zero-order chi connectivity index (χ0) is 13.7. The number of furan rings is 1. The molecule has 1 N–H and O–H groups in total. The molecule has 0 atom stereocenters. The molecule has 0 spiro atoms. The first-order valence-corrected chi connectivity index (χ1v) is 5.94. The van der Waals surface area contributed by atoms with Gasteiger partial charge in [-0.3, -0.25) is 10.1 Å². The van der Waals surface area contributed by atoms with Crippen molar-refractivity contribution in [3.05, 3.63) is 35.1 Å². The number of esters is 1. The Balaban J connectivity index is 2.02. The molecule has 1 aromatic heterocycles. The summed E-state index contributed by atoms with van der Waals surface area (Å²) < 4.78 is 9.46. The molecule has 7 nitrogen and oxygen atoms in total. The van der Waals surface area contributed by atoms with E-state index in [0.717, 1.165) is 17.8 Å². The van der Waals surface area contributed by atoms with Crippen LogP contribution in [0.15, 0.2) is 44.0 Å². The largest absolute Gasteiger partial charge is 0.466 e. The predicted molar refractivity (Wildman–Crippen MR) is 69.6 cm³/mol. The van der Waals surface area contributed by atoms with Gasteiger partial charge in [0.25, 0.3) is 5.91 Å². The first kappa shape index (κ1) is 13.1. The number of carbonyl (C=O) groups excluding carboxylic acids is 2. The summed E-state index contributed by atoms with van der Waals surface area (Å²) in [7, 11) is 1.24. The van der Waals surface area contributed by atoms with E-state index < -0.39 is 11.9 Å². The Labute approximate surface area is 112 Å². The number of carbonyl (C=O) groups is 2. The minimum absolute atomic E-state index is 0.207. The number of nitrogens with zero attached hydrogens (tertiary/aromatic N) is 2. The van der Waals surface area contributed by atoms with Gasteiger partial charge in [-0.1, -0.05) is 0 Å². The van der Waals surface area contributed by atoms with Gasteiger partial charge in [-0.2, -0.15) is 5.10 Å². The summed E-state index contributed by atoms with van der Waals surface area (Å²) in [6.45, 7) is 0. The fraction of sp³-hybridized carbons (Fsp3) is 0.0909. The maximum absolute atomic E-state index is 11.5. The molecule has 2 heterocycles. The third-order valence-corrected chi connectivity index (χ3v) is 2.88. The van der Waals surface area contributed by atoms with E-state index in [4.69, 9.17) is 4.42 Å². The molecule has 1 fully saturated rings. The van der Waals surface area contributed by atoms with Crippen LogP contribution in [0.1, 0.15) is 5.76 Å². The van der Waals surface area contributed by atoms with Gasteiger partial charge in [-0.15, -0.1) is 5.10 Å². The minimum Gasteiger partial charge on any atom is -0.466 e. The number of hydrogen-bond acceptors (Lipinski definition) is 7. The van der Waals surface area contributed by atoms with E-state index in [9.17, 15) is 9.59 Å². The van der Waals surface area contributed by atoms with Gasteiger partial charge in [-0.05, 0) is 23.9 Å². The van der Waals surface area contributed by atoms with Crippen molar-refractivity contribution < 1.29 is 18.7 Å². The summed E-state index contributed by atoms with van der Waals surface area (Å²) in [5.41, 5.74) is 0. The van der Waals surface area contributed by atoms with Crippen LogP contribution in [-0.4, -0.2) is 30.4 Å². The number of rotatable bonds is 3.